The van der Waals surface area contributed by atoms with Crippen molar-refractivity contribution in [2.24, 2.45) is 16.5 Å². The predicted molar refractivity (Wildman–Crippen MR) is 173 cm³/mol. The highest BCUT2D eigenvalue weighted by molar-refractivity contribution is 6.31. The molecule has 0 atom stereocenters. The maximum absolute atomic E-state index is 13.4. The largest absolute Gasteiger partial charge is 0.478 e. The minimum absolute atomic E-state index is 0. The molecule has 0 bridgehead atoms. The van der Waals surface area contributed by atoms with Crippen molar-refractivity contribution in [2.45, 2.75) is 25.9 Å². The van der Waals surface area contributed by atoms with E-state index < -0.39 is 11.9 Å². The topological polar surface area (TPSA) is 182 Å². The molecule has 0 saturated carbocycles. The molecule has 13 heteroatoms. The number of carboxylic acids is 1. The summed E-state index contributed by atoms with van der Waals surface area (Å²) in [5.41, 5.74) is 14.1. The summed E-state index contributed by atoms with van der Waals surface area (Å²) in [5.74, 6) is -1.54. The number of amides is 1. The summed E-state index contributed by atoms with van der Waals surface area (Å²) in [6.45, 7) is 0.622. The van der Waals surface area contributed by atoms with Crippen LogP contribution in [0, 0.1) is 0 Å². The van der Waals surface area contributed by atoms with Crippen LogP contribution in [-0.2, 0) is 33.9 Å². The Kier molecular flexibility index (Phi) is 14.6. The predicted octanol–water partition coefficient (Wildman–Crippen LogP) is 5.16. The van der Waals surface area contributed by atoms with E-state index in [9.17, 15) is 19.5 Å². The van der Waals surface area contributed by atoms with Crippen molar-refractivity contribution in [3.05, 3.63) is 130 Å². The van der Waals surface area contributed by atoms with Crippen molar-refractivity contribution < 1.29 is 33.8 Å². The molecule has 0 aliphatic carbocycles. The molecule has 0 heterocycles. The van der Waals surface area contributed by atoms with Crippen LogP contribution in [0.25, 0.3) is 0 Å². The first kappa shape index (κ1) is 36.7. The Morgan fingerprint density at radius 3 is 2.07 bits per heavy atom. The maximum Gasteiger partial charge on any atom is 0.373 e. The first-order chi connectivity index (χ1) is 21.6. The minimum Gasteiger partial charge on any atom is -0.478 e. The standard InChI is InChI=1S/C32H29ClN4O5.CO2.ClH/c33-28-18-27(42-31(41)24-9-13-26(14-10-24)36-32(34)35)15-11-23(28)12-16-29(38)37(19-21-5-2-1-3-6-21)20-22-7-4-8-25(17-22)30(39)40;2-1-3;/h1-11,13-15,17-18H,12,16,19-20H2,(H,39,40)(H4,34,35,36);;1H. The molecule has 1 amide bonds. The van der Waals surface area contributed by atoms with Gasteiger partial charge in [-0.05, 0) is 71.6 Å². The van der Waals surface area contributed by atoms with Crippen LogP contribution in [0.1, 0.15) is 43.8 Å². The Balaban J connectivity index is 0.00000177. The average molecular weight is 666 g/mol. The fraction of sp³-hybridized carbons (Fsp3) is 0.121. The lowest BCUT2D eigenvalue weighted by Crippen LogP contribution is -2.30. The Morgan fingerprint density at radius 1 is 0.826 bits per heavy atom. The van der Waals surface area contributed by atoms with E-state index in [2.05, 4.69) is 4.99 Å². The summed E-state index contributed by atoms with van der Waals surface area (Å²) in [5, 5.41) is 9.71. The molecule has 0 spiro atoms. The number of nitrogens with two attached hydrogens (primary N) is 2. The number of aryl methyl sites for hydroxylation is 1. The number of halogens is 2. The second-order valence-corrected chi connectivity index (χ2v) is 9.96. The van der Waals surface area contributed by atoms with Crippen molar-refractivity contribution in [1.82, 2.24) is 4.90 Å². The Hall–Kier alpha value is -5.48. The lowest BCUT2D eigenvalue weighted by Gasteiger charge is -2.23. The Labute approximate surface area is 275 Å². The third kappa shape index (κ3) is 11.5. The van der Waals surface area contributed by atoms with E-state index >= 15 is 0 Å². The van der Waals surface area contributed by atoms with Gasteiger partial charge in [-0.3, -0.25) is 4.79 Å². The molecule has 4 aromatic carbocycles. The number of hydrogen-bond donors (Lipinski definition) is 3. The summed E-state index contributed by atoms with van der Waals surface area (Å²) in [6, 6.07) is 27.3. The third-order valence-electron chi connectivity index (χ3n) is 6.32. The van der Waals surface area contributed by atoms with Gasteiger partial charge in [-0.25, -0.2) is 14.6 Å². The molecule has 0 aromatic heterocycles. The highest BCUT2D eigenvalue weighted by Crippen LogP contribution is 2.25. The number of aromatic carboxylic acids is 1. The molecule has 0 saturated heterocycles. The molecule has 0 fully saturated rings. The number of carboxylic acid groups (broad SMARTS) is 1. The lowest BCUT2D eigenvalue weighted by atomic mass is 10.1. The van der Waals surface area contributed by atoms with Crippen molar-refractivity contribution in [2.75, 3.05) is 0 Å². The van der Waals surface area contributed by atoms with E-state index in [0.717, 1.165) is 11.1 Å². The molecule has 46 heavy (non-hydrogen) atoms. The molecule has 5 N–H and O–H groups in total. The number of carbonyl (C=O) groups excluding carboxylic acids is 4. The maximum atomic E-state index is 13.4. The SMILES string of the molecule is Cl.NC(N)=Nc1ccc(C(=O)Oc2ccc(CCC(=O)N(Cc3ccccc3)Cc3cccc(C(=O)O)c3)c(Cl)c2)cc1.O=C=O. The fourth-order valence-corrected chi connectivity index (χ4v) is 4.51. The van der Waals surface area contributed by atoms with Gasteiger partial charge in [0.25, 0.3) is 0 Å². The van der Waals surface area contributed by atoms with Gasteiger partial charge in [-0.2, -0.15) is 9.59 Å². The number of guanidine groups is 1. The molecule has 0 aliphatic heterocycles. The Bertz CT molecular complexity index is 1710. The van der Waals surface area contributed by atoms with Gasteiger partial charge in [0.15, 0.2) is 5.96 Å². The quantitative estimate of drug-likeness (QED) is 0.0843. The normalized spacial score (nSPS) is 9.76. The van der Waals surface area contributed by atoms with Crippen LogP contribution < -0.4 is 16.2 Å². The number of ether oxygens (including phenoxy) is 1. The lowest BCUT2D eigenvalue weighted by molar-refractivity contribution is -0.191. The molecule has 0 aliphatic rings. The number of hydrogen-bond acceptors (Lipinski definition) is 7. The van der Waals surface area contributed by atoms with Crippen molar-refractivity contribution >= 4 is 59.7 Å². The highest BCUT2D eigenvalue weighted by Gasteiger charge is 2.17. The van der Waals surface area contributed by atoms with E-state index in [1.54, 1.807) is 59.5 Å². The van der Waals surface area contributed by atoms with Gasteiger partial charge in [0.2, 0.25) is 5.91 Å². The highest BCUT2D eigenvalue weighted by atomic mass is 35.5. The number of nitrogens with zero attached hydrogens (tertiary/aromatic N) is 2. The van der Waals surface area contributed by atoms with Crippen LogP contribution in [-0.4, -0.2) is 40.0 Å². The molecule has 238 valence electrons. The van der Waals surface area contributed by atoms with Crippen LogP contribution in [0.4, 0.5) is 5.69 Å². The van der Waals surface area contributed by atoms with Gasteiger partial charge in [-0.1, -0.05) is 60.1 Å². The fourth-order valence-electron chi connectivity index (χ4n) is 4.24. The van der Waals surface area contributed by atoms with Crippen LogP contribution in [0.3, 0.4) is 0 Å². The number of aliphatic imine (C=N–C) groups is 1. The number of benzene rings is 4. The molecule has 11 nitrogen and oxygen atoms in total. The smallest absolute Gasteiger partial charge is 0.373 e. The van der Waals surface area contributed by atoms with Gasteiger partial charge in [0, 0.05) is 24.5 Å². The summed E-state index contributed by atoms with van der Waals surface area (Å²) in [7, 11) is 0. The minimum atomic E-state index is -1.03. The first-order valence-corrected chi connectivity index (χ1v) is 13.8. The summed E-state index contributed by atoms with van der Waals surface area (Å²) in [6.07, 6.45) is 0.783. The second kappa shape index (κ2) is 18.4. The van der Waals surface area contributed by atoms with E-state index in [4.69, 9.17) is 37.4 Å². The monoisotopic (exact) mass is 664 g/mol. The van der Waals surface area contributed by atoms with Gasteiger partial charge in [0.05, 0.1) is 16.8 Å². The van der Waals surface area contributed by atoms with Gasteiger partial charge < -0.3 is 26.2 Å². The van der Waals surface area contributed by atoms with E-state index in [-0.39, 0.29) is 54.7 Å². The Morgan fingerprint density at radius 2 is 1.46 bits per heavy atom. The molecule has 4 rings (SSSR count). The van der Waals surface area contributed by atoms with Crippen LogP contribution in [0.5, 0.6) is 5.75 Å². The van der Waals surface area contributed by atoms with Crippen molar-refractivity contribution in [1.29, 1.82) is 0 Å². The third-order valence-corrected chi connectivity index (χ3v) is 6.67. The van der Waals surface area contributed by atoms with Crippen LogP contribution in [0.2, 0.25) is 5.02 Å². The molecule has 0 unspecified atom stereocenters. The summed E-state index contributed by atoms with van der Waals surface area (Å²) in [4.78, 5) is 59.2. The van der Waals surface area contributed by atoms with E-state index in [0.29, 0.717) is 34.8 Å². The van der Waals surface area contributed by atoms with Gasteiger partial charge >= 0.3 is 18.1 Å². The molecular formula is C33H30Cl2N4O7. The van der Waals surface area contributed by atoms with Gasteiger partial charge in [0.1, 0.15) is 5.75 Å². The number of esters is 1. The van der Waals surface area contributed by atoms with Crippen LogP contribution in [0.15, 0.2) is 102 Å². The molecular weight excluding hydrogens is 635 g/mol. The van der Waals surface area contributed by atoms with Crippen LogP contribution >= 0.6 is 24.0 Å². The zero-order valence-electron chi connectivity index (χ0n) is 24.3. The van der Waals surface area contributed by atoms with E-state index in [1.165, 1.54) is 12.1 Å². The molecule has 0 radical (unpaired) electrons. The zero-order chi connectivity index (χ0) is 32.8. The second-order valence-electron chi connectivity index (χ2n) is 9.55. The number of carbonyl (C=O) groups is 3. The zero-order valence-corrected chi connectivity index (χ0v) is 25.9. The summed E-state index contributed by atoms with van der Waals surface area (Å²) < 4.78 is 5.45. The summed E-state index contributed by atoms with van der Waals surface area (Å²) >= 11 is 6.49. The molecule has 4 aromatic rings. The van der Waals surface area contributed by atoms with E-state index in [1.807, 2.05) is 30.3 Å². The van der Waals surface area contributed by atoms with Gasteiger partial charge in [-0.15, -0.1) is 12.4 Å². The van der Waals surface area contributed by atoms with Crippen molar-refractivity contribution in [3.8, 4) is 5.75 Å². The van der Waals surface area contributed by atoms with Crippen molar-refractivity contribution in [3.63, 3.8) is 0 Å². The first-order valence-electron chi connectivity index (χ1n) is 13.4. The average Bonchev–Trinajstić information content (AvgIpc) is 3.01. The number of rotatable bonds is 11.